The fourth-order valence-electron chi connectivity index (χ4n) is 2.51. The summed E-state index contributed by atoms with van der Waals surface area (Å²) in [5.41, 5.74) is 2.39. The van der Waals surface area contributed by atoms with Crippen molar-refractivity contribution >= 4 is 0 Å². The highest BCUT2D eigenvalue weighted by atomic mass is 14.5. The van der Waals surface area contributed by atoms with Gasteiger partial charge >= 0.3 is 0 Å². The quantitative estimate of drug-likeness (QED) is 0.540. The predicted octanol–water partition coefficient (Wildman–Crippen LogP) is 3.53. The number of unbranched alkanes of at least 4 members (excludes halogenated alkanes) is 1. The van der Waals surface area contributed by atoms with E-state index in [2.05, 4.69) is 19.9 Å². The first-order valence-electron chi connectivity index (χ1n) is 4.97. The Morgan fingerprint density at radius 3 is 3.00 bits per heavy atom. The van der Waals surface area contributed by atoms with Crippen molar-refractivity contribution in [2.45, 2.75) is 46.0 Å². The molecule has 2 aliphatic rings. The second-order valence-electron chi connectivity index (χ2n) is 4.50. The summed E-state index contributed by atoms with van der Waals surface area (Å²) in [6, 6.07) is 0. The van der Waals surface area contributed by atoms with Crippen molar-refractivity contribution in [3.8, 4) is 0 Å². The molecular formula is C11H18. The first-order valence-corrected chi connectivity index (χ1v) is 4.97. The Kier molecular flexibility index (Phi) is 1.59. The molecule has 62 valence electrons. The normalized spacial score (nSPS) is 40.2. The van der Waals surface area contributed by atoms with Gasteiger partial charge in [0.25, 0.3) is 0 Å². The van der Waals surface area contributed by atoms with Crippen LogP contribution in [0.3, 0.4) is 0 Å². The van der Waals surface area contributed by atoms with Crippen LogP contribution in [0.2, 0.25) is 0 Å². The average molecular weight is 150 g/mol. The number of allylic oxidation sites excluding steroid dienone is 2. The fraction of sp³-hybridized carbons (Fsp3) is 0.818. The van der Waals surface area contributed by atoms with Gasteiger partial charge in [-0.25, -0.2) is 0 Å². The molecule has 0 heterocycles. The summed E-state index contributed by atoms with van der Waals surface area (Å²) in [7, 11) is 0. The van der Waals surface area contributed by atoms with Crippen LogP contribution in [0.5, 0.6) is 0 Å². The average Bonchev–Trinajstić information content (AvgIpc) is 2.47. The molecule has 0 amide bonds. The highest BCUT2D eigenvalue weighted by Crippen LogP contribution is 2.59. The van der Waals surface area contributed by atoms with Crippen LogP contribution in [0, 0.1) is 11.3 Å². The molecule has 0 aromatic rings. The maximum absolute atomic E-state index is 2.47. The van der Waals surface area contributed by atoms with Gasteiger partial charge in [-0.05, 0) is 18.8 Å². The lowest BCUT2D eigenvalue weighted by molar-refractivity contribution is 0.427. The molecule has 0 saturated heterocycles. The molecule has 0 nitrogen and oxygen atoms in total. The molecule has 0 heteroatoms. The summed E-state index contributed by atoms with van der Waals surface area (Å²) in [5, 5.41) is 0. The lowest BCUT2D eigenvalue weighted by Gasteiger charge is -2.10. The van der Waals surface area contributed by atoms with Crippen molar-refractivity contribution in [3.63, 3.8) is 0 Å². The Hall–Kier alpha value is -0.260. The third-order valence-electron chi connectivity index (χ3n) is 3.33. The highest BCUT2D eigenvalue weighted by Gasteiger charge is 2.46. The second kappa shape index (κ2) is 2.36. The topological polar surface area (TPSA) is 0 Å². The highest BCUT2D eigenvalue weighted by molar-refractivity contribution is 5.41. The van der Waals surface area contributed by atoms with Crippen LogP contribution in [-0.4, -0.2) is 0 Å². The van der Waals surface area contributed by atoms with E-state index in [0.29, 0.717) is 5.41 Å². The van der Waals surface area contributed by atoms with Crippen molar-refractivity contribution in [1.82, 2.24) is 0 Å². The molecule has 0 spiro atoms. The van der Waals surface area contributed by atoms with Gasteiger partial charge in [-0.1, -0.05) is 44.8 Å². The second-order valence-corrected chi connectivity index (χ2v) is 4.50. The number of rotatable bonds is 3. The van der Waals surface area contributed by atoms with E-state index in [-0.39, 0.29) is 0 Å². The molecule has 2 rings (SSSR count). The van der Waals surface area contributed by atoms with E-state index in [1.165, 1.54) is 32.1 Å². The number of fused-ring (bicyclic) bond motifs is 1. The maximum atomic E-state index is 2.47. The minimum Gasteiger partial charge on any atom is -0.0745 e. The molecule has 0 aromatic heterocycles. The summed E-state index contributed by atoms with van der Waals surface area (Å²) in [5.74, 6) is 1.04. The van der Waals surface area contributed by atoms with Crippen LogP contribution in [0.25, 0.3) is 0 Å². The van der Waals surface area contributed by atoms with Gasteiger partial charge in [0.1, 0.15) is 0 Å². The minimum absolute atomic E-state index is 0.623. The zero-order valence-electron chi connectivity index (χ0n) is 7.69. The van der Waals surface area contributed by atoms with Crippen LogP contribution in [0.15, 0.2) is 11.6 Å². The zero-order valence-corrected chi connectivity index (χ0v) is 7.69. The standard InChI is InChI=1S/C11H18/c1-3-4-5-9-6-10-8-11(10,2)7-9/h8-9H,3-7H2,1-2H3. The van der Waals surface area contributed by atoms with Crippen molar-refractivity contribution in [1.29, 1.82) is 0 Å². The third-order valence-corrected chi connectivity index (χ3v) is 3.33. The first kappa shape index (κ1) is 7.39. The predicted molar refractivity (Wildman–Crippen MR) is 48.4 cm³/mol. The van der Waals surface area contributed by atoms with Gasteiger partial charge in [0.2, 0.25) is 0 Å². The van der Waals surface area contributed by atoms with Crippen molar-refractivity contribution in [3.05, 3.63) is 11.6 Å². The minimum atomic E-state index is 0.623. The van der Waals surface area contributed by atoms with Gasteiger partial charge in [-0.15, -0.1) is 0 Å². The van der Waals surface area contributed by atoms with Crippen molar-refractivity contribution in [2.75, 3.05) is 0 Å². The van der Waals surface area contributed by atoms with Gasteiger partial charge in [0, 0.05) is 5.41 Å². The Labute approximate surface area is 69.7 Å². The number of hydrogen-bond donors (Lipinski definition) is 0. The van der Waals surface area contributed by atoms with E-state index >= 15 is 0 Å². The van der Waals surface area contributed by atoms with E-state index in [1.807, 2.05) is 0 Å². The molecule has 1 saturated carbocycles. The van der Waals surface area contributed by atoms with E-state index in [1.54, 1.807) is 5.57 Å². The monoisotopic (exact) mass is 150 g/mol. The zero-order chi connectivity index (χ0) is 7.90. The Bertz CT molecular complexity index is 190. The first-order chi connectivity index (χ1) is 5.24. The molecule has 0 bridgehead atoms. The van der Waals surface area contributed by atoms with E-state index in [0.717, 1.165) is 5.92 Å². The van der Waals surface area contributed by atoms with Crippen molar-refractivity contribution in [2.24, 2.45) is 11.3 Å². The Morgan fingerprint density at radius 2 is 2.45 bits per heavy atom. The molecule has 2 atom stereocenters. The lowest BCUT2D eigenvalue weighted by Crippen LogP contribution is -1.99. The van der Waals surface area contributed by atoms with Crippen LogP contribution >= 0.6 is 0 Å². The molecule has 1 fully saturated rings. The largest absolute Gasteiger partial charge is 0.0745 e. The van der Waals surface area contributed by atoms with E-state index in [9.17, 15) is 0 Å². The molecule has 0 N–H and O–H groups in total. The van der Waals surface area contributed by atoms with Crippen LogP contribution < -0.4 is 0 Å². The molecule has 0 aliphatic heterocycles. The SMILES string of the molecule is CCCCC1CC2=CC2(C)C1. The Balaban J connectivity index is 1.78. The van der Waals surface area contributed by atoms with Gasteiger partial charge < -0.3 is 0 Å². The van der Waals surface area contributed by atoms with Crippen LogP contribution in [0.4, 0.5) is 0 Å². The maximum Gasteiger partial charge on any atom is 0.00686 e. The van der Waals surface area contributed by atoms with E-state index < -0.39 is 0 Å². The summed E-state index contributed by atoms with van der Waals surface area (Å²) >= 11 is 0. The molecular weight excluding hydrogens is 132 g/mol. The summed E-state index contributed by atoms with van der Waals surface area (Å²) in [6.45, 7) is 4.69. The summed E-state index contributed by atoms with van der Waals surface area (Å²) in [4.78, 5) is 0. The molecule has 0 radical (unpaired) electrons. The molecule has 2 unspecified atom stereocenters. The molecule has 2 aliphatic carbocycles. The van der Waals surface area contributed by atoms with Crippen molar-refractivity contribution < 1.29 is 0 Å². The van der Waals surface area contributed by atoms with Crippen LogP contribution in [-0.2, 0) is 0 Å². The van der Waals surface area contributed by atoms with Crippen LogP contribution in [0.1, 0.15) is 46.0 Å². The number of hydrogen-bond acceptors (Lipinski definition) is 0. The lowest BCUT2D eigenvalue weighted by atomic mass is 9.94. The van der Waals surface area contributed by atoms with Gasteiger partial charge in [-0.3, -0.25) is 0 Å². The molecule has 11 heavy (non-hydrogen) atoms. The fourth-order valence-corrected chi connectivity index (χ4v) is 2.51. The van der Waals surface area contributed by atoms with Gasteiger partial charge in [-0.2, -0.15) is 0 Å². The van der Waals surface area contributed by atoms with E-state index in [4.69, 9.17) is 0 Å². The smallest absolute Gasteiger partial charge is 0.00686 e. The summed E-state index contributed by atoms with van der Waals surface area (Å²) in [6.07, 6.45) is 9.64. The Morgan fingerprint density at radius 1 is 1.64 bits per heavy atom. The molecule has 0 aromatic carbocycles. The summed E-state index contributed by atoms with van der Waals surface area (Å²) < 4.78 is 0. The van der Waals surface area contributed by atoms with Gasteiger partial charge in [0.05, 0.1) is 0 Å². The van der Waals surface area contributed by atoms with Gasteiger partial charge in [0.15, 0.2) is 0 Å². The third kappa shape index (κ3) is 1.23.